The molecule has 2 saturated heterocycles. The van der Waals surface area contributed by atoms with E-state index in [0.717, 1.165) is 33.2 Å². The minimum atomic E-state index is 0.740. The molecule has 0 radical (unpaired) electrons. The van der Waals surface area contributed by atoms with Crippen LogP contribution in [0.1, 0.15) is 18.2 Å². The van der Waals surface area contributed by atoms with Gasteiger partial charge < -0.3 is 5.32 Å². The van der Waals surface area contributed by atoms with Crippen LogP contribution in [0.15, 0.2) is 10.5 Å². The van der Waals surface area contributed by atoms with Crippen LogP contribution in [0.4, 0.5) is 0 Å². The molecular weight excluding hydrogens is 332 g/mol. The zero-order valence-corrected chi connectivity index (χ0v) is 13.6. The highest BCUT2D eigenvalue weighted by molar-refractivity contribution is 9.10. The molecule has 1 aromatic rings. The Balaban J connectivity index is 1.72. The quantitative estimate of drug-likeness (QED) is 0.897. The van der Waals surface area contributed by atoms with E-state index in [0.29, 0.717) is 0 Å². The number of thiophene rings is 1. The molecule has 3 heterocycles. The number of halogens is 2. The summed E-state index contributed by atoms with van der Waals surface area (Å²) in [7, 11) is 0. The molecule has 1 aromatic heterocycles. The van der Waals surface area contributed by atoms with Crippen LogP contribution in [0.2, 0.25) is 4.34 Å². The average Bonchev–Trinajstić information content (AvgIpc) is 2.95. The van der Waals surface area contributed by atoms with Crippen molar-refractivity contribution in [2.45, 2.75) is 25.9 Å². The first-order valence-corrected chi connectivity index (χ1v) is 8.56. The van der Waals surface area contributed by atoms with E-state index >= 15 is 0 Å². The van der Waals surface area contributed by atoms with Crippen LogP contribution in [0.3, 0.4) is 0 Å². The van der Waals surface area contributed by atoms with Gasteiger partial charge in [0.2, 0.25) is 0 Å². The Hall–Kier alpha value is 0.390. The molecule has 2 aliphatic heterocycles. The number of nitrogens with zero attached hydrogens (tertiary/aromatic N) is 1. The van der Waals surface area contributed by atoms with Crippen molar-refractivity contribution in [2.24, 2.45) is 11.8 Å². The van der Waals surface area contributed by atoms with Crippen molar-refractivity contribution < 1.29 is 0 Å². The van der Waals surface area contributed by atoms with E-state index in [4.69, 9.17) is 11.6 Å². The van der Waals surface area contributed by atoms with Crippen LogP contribution in [-0.2, 0) is 6.54 Å². The molecule has 5 heteroatoms. The van der Waals surface area contributed by atoms with Crippen LogP contribution < -0.4 is 5.32 Å². The molecule has 0 aliphatic carbocycles. The van der Waals surface area contributed by atoms with E-state index in [1.807, 2.05) is 0 Å². The summed E-state index contributed by atoms with van der Waals surface area (Å²) in [6, 6.07) is 2.91. The van der Waals surface area contributed by atoms with Crippen molar-refractivity contribution >= 4 is 38.9 Å². The number of nitrogens with one attached hydrogen (secondary N) is 1. The highest BCUT2D eigenvalue weighted by Gasteiger charge is 2.42. The molecule has 0 amide bonds. The predicted molar refractivity (Wildman–Crippen MR) is 81.4 cm³/mol. The lowest BCUT2D eigenvalue weighted by Crippen LogP contribution is -2.34. The Kier molecular flexibility index (Phi) is 4.02. The van der Waals surface area contributed by atoms with E-state index in [1.54, 1.807) is 11.3 Å². The van der Waals surface area contributed by atoms with E-state index < -0.39 is 0 Å². The number of rotatable bonds is 3. The SMILES string of the molecule is CCC1C2CNCC2CN1Cc1cc(Br)c(Cl)s1. The molecule has 0 aromatic carbocycles. The van der Waals surface area contributed by atoms with E-state index in [1.165, 1.54) is 30.9 Å². The van der Waals surface area contributed by atoms with Gasteiger partial charge in [-0.2, -0.15) is 0 Å². The predicted octanol–water partition coefficient (Wildman–Crippen LogP) is 3.59. The zero-order valence-electron chi connectivity index (χ0n) is 10.5. The second-order valence-corrected chi connectivity index (χ2v) is 7.91. The van der Waals surface area contributed by atoms with Crippen molar-refractivity contribution in [1.29, 1.82) is 0 Å². The van der Waals surface area contributed by atoms with Crippen LogP contribution in [0, 0.1) is 11.8 Å². The maximum absolute atomic E-state index is 6.12. The minimum absolute atomic E-state index is 0.740. The first-order chi connectivity index (χ1) is 8.69. The summed E-state index contributed by atoms with van der Waals surface area (Å²) >= 11 is 11.3. The van der Waals surface area contributed by atoms with E-state index in [2.05, 4.69) is 39.1 Å². The summed E-state index contributed by atoms with van der Waals surface area (Å²) in [5.74, 6) is 1.71. The van der Waals surface area contributed by atoms with Crippen LogP contribution >= 0.6 is 38.9 Å². The molecule has 0 spiro atoms. The molecule has 2 nitrogen and oxygen atoms in total. The summed E-state index contributed by atoms with van der Waals surface area (Å²) in [5, 5.41) is 3.53. The van der Waals surface area contributed by atoms with Crippen molar-refractivity contribution in [3.8, 4) is 0 Å². The van der Waals surface area contributed by atoms with Gasteiger partial charge in [-0.3, -0.25) is 4.90 Å². The Morgan fingerprint density at radius 3 is 3.06 bits per heavy atom. The Bertz CT molecular complexity index is 417. The van der Waals surface area contributed by atoms with Gasteiger partial charge >= 0.3 is 0 Å². The van der Waals surface area contributed by atoms with E-state index in [9.17, 15) is 0 Å². The standard InChI is InChI=1S/C13H18BrClN2S/c1-2-12-10-5-16-4-8(10)6-17(12)7-9-3-11(14)13(15)18-9/h3,8,10,12,16H,2,4-7H2,1H3. The summed E-state index contributed by atoms with van der Waals surface area (Å²) in [5.41, 5.74) is 0. The third kappa shape index (κ3) is 2.38. The Morgan fingerprint density at radius 2 is 2.39 bits per heavy atom. The lowest BCUT2D eigenvalue weighted by molar-refractivity contribution is 0.212. The van der Waals surface area contributed by atoms with Gasteiger partial charge in [0.25, 0.3) is 0 Å². The number of likely N-dealkylation sites (tertiary alicyclic amines) is 1. The first-order valence-electron chi connectivity index (χ1n) is 6.57. The second kappa shape index (κ2) is 5.41. The van der Waals surface area contributed by atoms with Crippen LogP contribution in [0.5, 0.6) is 0 Å². The molecule has 3 rings (SSSR count). The lowest BCUT2D eigenvalue weighted by atomic mass is 9.93. The average molecular weight is 350 g/mol. The molecule has 0 saturated carbocycles. The molecule has 100 valence electrons. The molecule has 2 aliphatic rings. The van der Waals surface area contributed by atoms with Crippen molar-refractivity contribution in [3.63, 3.8) is 0 Å². The molecule has 3 unspecified atom stereocenters. The van der Waals surface area contributed by atoms with Crippen molar-refractivity contribution in [3.05, 3.63) is 19.8 Å². The third-order valence-electron chi connectivity index (χ3n) is 4.30. The Morgan fingerprint density at radius 1 is 1.56 bits per heavy atom. The first kappa shape index (κ1) is 13.4. The van der Waals surface area contributed by atoms with Gasteiger partial charge in [0, 0.05) is 28.5 Å². The second-order valence-electron chi connectivity index (χ2n) is 5.32. The van der Waals surface area contributed by atoms with Crippen molar-refractivity contribution in [2.75, 3.05) is 19.6 Å². The summed E-state index contributed by atoms with van der Waals surface area (Å²) in [6.45, 7) is 7.02. The smallest absolute Gasteiger partial charge is 0.107 e. The van der Waals surface area contributed by atoms with Gasteiger partial charge in [-0.05, 0) is 53.3 Å². The molecule has 3 atom stereocenters. The van der Waals surface area contributed by atoms with Gasteiger partial charge in [0.1, 0.15) is 4.34 Å². The molecule has 2 fully saturated rings. The fourth-order valence-electron chi connectivity index (χ4n) is 3.52. The zero-order chi connectivity index (χ0) is 12.7. The topological polar surface area (TPSA) is 15.3 Å². The fourth-order valence-corrected chi connectivity index (χ4v) is 5.34. The fraction of sp³-hybridized carbons (Fsp3) is 0.692. The molecular formula is C13H18BrClN2S. The van der Waals surface area contributed by atoms with Gasteiger partial charge in [-0.15, -0.1) is 11.3 Å². The maximum atomic E-state index is 6.12. The molecule has 18 heavy (non-hydrogen) atoms. The largest absolute Gasteiger partial charge is 0.316 e. The third-order valence-corrected chi connectivity index (χ3v) is 6.76. The van der Waals surface area contributed by atoms with Crippen LogP contribution in [-0.4, -0.2) is 30.6 Å². The molecule has 1 N–H and O–H groups in total. The van der Waals surface area contributed by atoms with Gasteiger partial charge in [-0.25, -0.2) is 0 Å². The van der Waals surface area contributed by atoms with Gasteiger partial charge in [-0.1, -0.05) is 18.5 Å². The highest BCUT2D eigenvalue weighted by Crippen LogP contribution is 2.38. The monoisotopic (exact) mass is 348 g/mol. The highest BCUT2D eigenvalue weighted by atomic mass is 79.9. The normalized spacial score (nSPS) is 32.1. The van der Waals surface area contributed by atoms with Crippen LogP contribution in [0.25, 0.3) is 0 Å². The van der Waals surface area contributed by atoms with Gasteiger partial charge in [0.15, 0.2) is 0 Å². The summed E-state index contributed by atoms with van der Waals surface area (Å²) in [4.78, 5) is 4.03. The number of fused-ring (bicyclic) bond motifs is 1. The molecule has 0 bridgehead atoms. The number of hydrogen-bond acceptors (Lipinski definition) is 3. The lowest BCUT2D eigenvalue weighted by Gasteiger charge is -2.26. The van der Waals surface area contributed by atoms with Gasteiger partial charge in [0.05, 0.1) is 0 Å². The summed E-state index contributed by atoms with van der Waals surface area (Å²) < 4.78 is 1.91. The van der Waals surface area contributed by atoms with Crippen molar-refractivity contribution in [1.82, 2.24) is 10.2 Å². The maximum Gasteiger partial charge on any atom is 0.107 e. The summed E-state index contributed by atoms with van der Waals surface area (Å²) in [6.07, 6.45) is 1.25. The van der Waals surface area contributed by atoms with E-state index in [-0.39, 0.29) is 0 Å². The number of hydrogen-bond donors (Lipinski definition) is 1. The minimum Gasteiger partial charge on any atom is -0.316 e. The Labute approximate surface area is 126 Å².